The number of aromatic nitrogens is 1. The van der Waals surface area contributed by atoms with E-state index in [9.17, 15) is 9.59 Å². The molecule has 1 aliphatic carbocycles. The summed E-state index contributed by atoms with van der Waals surface area (Å²) in [5.41, 5.74) is 2.67. The van der Waals surface area contributed by atoms with Crippen molar-refractivity contribution in [1.82, 2.24) is 14.8 Å². The van der Waals surface area contributed by atoms with Crippen LogP contribution in [0, 0.1) is 0 Å². The second-order valence-electron chi connectivity index (χ2n) is 9.03. The Hall–Kier alpha value is -3.29. The minimum atomic E-state index is -0.207. The van der Waals surface area contributed by atoms with E-state index in [4.69, 9.17) is 4.98 Å². The van der Waals surface area contributed by atoms with Crippen LogP contribution in [0.2, 0.25) is 0 Å². The number of piperazine rings is 1. The van der Waals surface area contributed by atoms with E-state index in [0.717, 1.165) is 62.6 Å². The summed E-state index contributed by atoms with van der Waals surface area (Å²) < 4.78 is 0. The molecular formula is C28H30N4O2S. The number of anilines is 1. The van der Waals surface area contributed by atoms with Crippen LogP contribution in [0.25, 0.3) is 6.08 Å². The number of hydrogen-bond donors (Lipinski definition) is 1. The lowest BCUT2D eigenvalue weighted by atomic mass is 9.89. The topological polar surface area (TPSA) is 65.5 Å². The highest BCUT2D eigenvalue weighted by atomic mass is 32.1. The molecule has 35 heavy (non-hydrogen) atoms. The fraction of sp³-hybridized carbons (Fsp3) is 0.321. The molecule has 1 aliphatic heterocycles. The van der Waals surface area contributed by atoms with Crippen LogP contribution in [-0.4, -0.2) is 59.3 Å². The summed E-state index contributed by atoms with van der Waals surface area (Å²) in [6, 6.07) is 19.5. The summed E-state index contributed by atoms with van der Waals surface area (Å²) >= 11 is 1.50. The third-order valence-corrected chi connectivity index (χ3v) is 7.71. The maximum absolute atomic E-state index is 13.4. The first kappa shape index (κ1) is 23.5. The van der Waals surface area contributed by atoms with Crippen molar-refractivity contribution in [3.05, 3.63) is 88.4 Å². The fourth-order valence-electron chi connectivity index (χ4n) is 4.74. The van der Waals surface area contributed by atoms with E-state index in [2.05, 4.69) is 34.5 Å². The smallest absolute Gasteiger partial charge is 0.257 e. The summed E-state index contributed by atoms with van der Waals surface area (Å²) in [5.74, 6) is -0.199. The van der Waals surface area contributed by atoms with Gasteiger partial charge < -0.3 is 4.90 Å². The SMILES string of the molecule is O=C(Nc1nc2c(s1)CCCC2C(=O)N1CCN(C/C=C/c2ccccc2)CC1)c1ccccc1. The summed E-state index contributed by atoms with van der Waals surface area (Å²) in [7, 11) is 0. The zero-order valence-corrected chi connectivity index (χ0v) is 20.5. The molecule has 0 saturated carbocycles. The van der Waals surface area contributed by atoms with Crippen LogP contribution in [0.4, 0.5) is 5.13 Å². The molecule has 7 heteroatoms. The highest BCUT2D eigenvalue weighted by molar-refractivity contribution is 7.16. The highest BCUT2D eigenvalue weighted by Gasteiger charge is 2.34. The normalized spacial score (nSPS) is 18.4. The van der Waals surface area contributed by atoms with Gasteiger partial charge in [-0.05, 0) is 37.0 Å². The van der Waals surface area contributed by atoms with Gasteiger partial charge in [0, 0.05) is 43.2 Å². The average molecular weight is 487 g/mol. The van der Waals surface area contributed by atoms with Crippen molar-refractivity contribution >= 4 is 34.4 Å². The van der Waals surface area contributed by atoms with E-state index < -0.39 is 0 Å². The van der Waals surface area contributed by atoms with Gasteiger partial charge in [-0.3, -0.25) is 19.8 Å². The summed E-state index contributed by atoms with van der Waals surface area (Å²) in [5, 5.41) is 3.50. The maximum Gasteiger partial charge on any atom is 0.257 e. The molecule has 2 heterocycles. The monoisotopic (exact) mass is 486 g/mol. The van der Waals surface area contributed by atoms with Gasteiger partial charge in [-0.25, -0.2) is 4.98 Å². The lowest BCUT2D eigenvalue weighted by Crippen LogP contribution is -2.50. The minimum absolute atomic E-state index is 0.169. The first-order valence-corrected chi connectivity index (χ1v) is 13.1. The predicted octanol–water partition coefficient (Wildman–Crippen LogP) is 4.67. The zero-order valence-electron chi connectivity index (χ0n) is 19.7. The second-order valence-corrected chi connectivity index (χ2v) is 10.1. The highest BCUT2D eigenvalue weighted by Crippen LogP contribution is 2.38. The molecule has 0 bridgehead atoms. The number of thiazole rings is 1. The zero-order chi connectivity index (χ0) is 24.0. The molecule has 2 aliphatic rings. The van der Waals surface area contributed by atoms with Crippen molar-refractivity contribution in [2.24, 2.45) is 0 Å². The molecule has 5 rings (SSSR count). The molecule has 1 aromatic heterocycles. The molecule has 6 nitrogen and oxygen atoms in total. The van der Waals surface area contributed by atoms with Crippen molar-refractivity contribution in [3.63, 3.8) is 0 Å². The van der Waals surface area contributed by atoms with E-state index in [1.54, 1.807) is 12.1 Å². The number of carbonyl (C=O) groups excluding carboxylic acids is 2. The number of carbonyl (C=O) groups is 2. The first-order chi connectivity index (χ1) is 17.2. The van der Waals surface area contributed by atoms with Gasteiger partial charge in [0.2, 0.25) is 5.91 Å². The quantitative estimate of drug-likeness (QED) is 0.550. The molecule has 1 unspecified atom stereocenters. The third-order valence-electron chi connectivity index (χ3n) is 6.67. The van der Waals surface area contributed by atoms with Crippen molar-refractivity contribution in [3.8, 4) is 0 Å². The number of benzene rings is 2. The van der Waals surface area contributed by atoms with Crippen molar-refractivity contribution in [2.45, 2.75) is 25.2 Å². The molecule has 1 fully saturated rings. The summed E-state index contributed by atoms with van der Waals surface area (Å²) in [6.07, 6.45) is 7.06. The van der Waals surface area contributed by atoms with Gasteiger partial charge in [-0.2, -0.15) is 0 Å². The van der Waals surface area contributed by atoms with Gasteiger partial charge >= 0.3 is 0 Å². The van der Waals surface area contributed by atoms with Crippen LogP contribution in [0.3, 0.4) is 0 Å². The molecule has 1 N–H and O–H groups in total. The molecule has 180 valence electrons. The number of fused-ring (bicyclic) bond motifs is 1. The Balaban J connectivity index is 1.17. The van der Waals surface area contributed by atoms with Gasteiger partial charge in [0.1, 0.15) is 0 Å². The number of amides is 2. The van der Waals surface area contributed by atoms with Gasteiger partial charge in [0.15, 0.2) is 5.13 Å². The van der Waals surface area contributed by atoms with Crippen LogP contribution >= 0.6 is 11.3 Å². The van der Waals surface area contributed by atoms with Crippen LogP contribution in [0.1, 0.15) is 45.3 Å². The molecular weight excluding hydrogens is 456 g/mol. The molecule has 3 aromatic rings. The molecule has 0 spiro atoms. The lowest BCUT2D eigenvalue weighted by Gasteiger charge is -2.36. The van der Waals surface area contributed by atoms with E-state index >= 15 is 0 Å². The third kappa shape index (κ3) is 5.69. The van der Waals surface area contributed by atoms with Gasteiger partial charge in [-0.15, -0.1) is 11.3 Å². The number of nitrogens with zero attached hydrogens (tertiary/aromatic N) is 3. The van der Waals surface area contributed by atoms with Crippen molar-refractivity contribution in [2.75, 3.05) is 38.0 Å². The van der Waals surface area contributed by atoms with Crippen LogP contribution < -0.4 is 5.32 Å². The summed E-state index contributed by atoms with van der Waals surface area (Å²) in [4.78, 5) is 36.2. The van der Waals surface area contributed by atoms with E-state index in [1.807, 2.05) is 41.3 Å². The number of hydrogen-bond acceptors (Lipinski definition) is 5. The van der Waals surface area contributed by atoms with Gasteiger partial charge in [0.05, 0.1) is 11.6 Å². The molecule has 1 atom stereocenters. The Bertz CT molecular complexity index is 1180. The fourth-order valence-corrected chi connectivity index (χ4v) is 5.80. The number of aryl methyl sites for hydroxylation is 1. The van der Waals surface area contributed by atoms with E-state index in [0.29, 0.717) is 10.7 Å². The van der Waals surface area contributed by atoms with Crippen LogP contribution in [0.5, 0.6) is 0 Å². The van der Waals surface area contributed by atoms with Crippen LogP contribution in [-0.2, 0) is 11.2 Å². The standard InChI is InChI=1S/C28H30N4O2S/c33-26(22-12-5-2-6-13-22)30-28-29-25-23(14-7-15-24(25)35-28)27(34)32-19-17-31(18-20-32)16-8-11-21-9-3-1-4-10-21/h1-6,8-13,23H,7,14-20H2,(H,29,30,33)/b11-8+. The van der Waals surface area contributed by atoms with Gasteiger partial charge in [0.25, 0.3) is 5.91 Å². The Labute approximate surface area is 210 Å². The van der Waals surface area contributed by atoms with Gasteiger partial charge in [-0.1, -0.05) is 60.7 Å². The minimum Gasteiger partial charge on any atom is -0.340 e. The second kappa shape index (κ2) is 11.0. The number of rotatable bonds is 6. The number of nitrogens with one attached hydrogen (secondary N) is 1. The molecule has 0 radical (unpaired) electrons. The van der Waals surface area contributed by atoms with E-state index in [1.165, 1.54) is 16.9 Å². The maximum atomic E-state index is 13.4. The lowest BCUT2D eigenvalue weighted by molar-refractivity contribution is -0.134. The average Bonchev–Trinajstić information content (AvgIpc) is 3.32. The molecule has 1 saturated heterocycles. The van der Waals surface area contributed by atoms with Crippen molar-refractivity contribution < 1.29 is 9.59 Å². The van der Waals surface area contributed by atoms with Crippen LogP contribution in [0.15, 0.2) is 66.7 Å². The largest absolute Gasteiger partial charge is 0.340 e. The summed E-state index contributed by atoms with van der Waals surface area (Å²) in [6.45, 7) is 4.12. The Morgan fingerprint density at radius 1 is 1.00 bits per heavy atom. The molecule has 2 aromatic carbocycles. The predicted molar refractivity (Wildman–Crippen MR) is 141 cm³/mol. The Morgan fingerprint density at radius 3 is 2.46 bits per heavy atom. The first-order valence-electron chi connectivity index (χ1n) is 12.3. The Kier molecular flexibility index (Phi) is 7.35. The van der Waals surface area contributed by atoms with Crippen molar-refractivity contribution in [1.29, 1.82) is 0 Å². The Morgan fingerprint density at radius 2 is 1.71 bits per heavy atom. The van der Waals surface area contributed by atoms with E-state index in [-0.39, 0.29) is 17.7 Å². The molecule has 2 amide bonds.